The molecule has 1 heteroatoms. The van der Waals surface area contributed by atoms with Crippen LogP contribution >= 0.6 is 0 Å². The van der Waals surface area contributed by atoms with Crippen molar-refractivity contribution < 1.29 is 5.11 Å². The zero-order valence-electron chi connectivity index (χ0n) is 18.7. The highest BCUT2D eigenvalue weighted by Crippen LogP contribution is 2.67. The van der Waals surface area contributed by atoms with E-state index in [1.807, 2.05) is 12.5 Å². The molecule has 0 unspecified atom stereocenters. The predicted octanol–water partition coefficient (Wildman–Crippen LogP) is 8.00. The van der Waals surface area contributed by atoms with E-state index in [4.69, 9.17) is 5.11 Å². The zero-order chi connectivity index (χ0) is 19.9. The van der Waals surface area contributed by atoms with Gasteiger partial charge in [0.1, 0.15) is 0 Å². The van der Waals surface area contributed by atoms with E-state index in [9.17, 15) is 0 Å². The van der Waals surface area contributed by atoms with Gasteiger partial charge in [0.25, 0.3) is 0 Å². The molecule has 156 valence electrons. The minimum atomic E-state index is 0.528. The van der Waals surface area contributed by atoms with Crippen LogP contribution in [0, 0.1) is 40.4 Å². The number of aliphatic hydroxyl groups excluding tert-OH is 1. The molecule has 0 bridgehead atoms. The second kappa shape index (κ2) is 7.69. The molecule has 0 aromatic heterocycles. The summed E-state index contributed by atoms with van der Waals surface area (Å²) >= 11 is 0. The minimum Gasteiger partial charge on any atom is -0.516 e. The van der Waals surface area contributed by atoms with E-state index in [1.165, 1.54) is 64.0 Å². The van der Waals surface area contributed by atoms with Gasteiger partial charge in [-0.05, 0) is 111 Å². The highest BCUT2D eigenvalue weighted by atomic mass is 16.2. The number of allylic oxidation sites excluding steroid dienone is 5. The molecule has 0 saturated heterocycles. The van der Waals surface area contributed by atoms with Crippen LogP contribution in [0.2, 0.25) is 0 Å². The topological polar surface area (TPSA) is 20.2 Å². The molecule has 0 aliphatic heterocycles. The molecule has 4 aliphatic rings. The Hall–Kier alpha value is -0.980. The summed E-state index contributed by atoms with van der Waals surface area (Å²) in [6.07, 6.45) is 22.4. The van der Waals surface area contributed by atoms with Crippen molar-refractivity contribution in [2.24, 2.45) is 40.4 Å². The highest BCUT2D eigenvalue weighted by molar-refractivity contribution is 5.24. The van der Waals surface area contributed by atoms with Gasteiger partial charge in [-0.1, -0.05) is 51.0 Å². The SMILES string of the molecule is CC(=CO)CC=C[C@@H](C)[C@H]1CC[C@H]2[C@@H]3CC=C4CCCC[C@]4(C)[C@H]3CC[C@]12C. The normalized spacial score (nSPS) is 44.6. The van der Waals surface area contributed by atoms with Crippen molar-refractivity contribution in [3.63, 3.8) is 0 Å². The van der Waals surface area contributed by atoms with Crippen LogP contribution in [0.5, 0.6) is 0 Å². The van der Waals surface area contributed by atoms with Gasteiger partial charge in [-0.25, -0.2) is 0 Å². The summed E-state index contributed by atoms with van der Waals surface area (Å²) in [5.41, 5.74) is 3.94. The number of hydrogen-bond donors (Lipinski definition) is 1. The van der Waals surface area contributed by atoms with E-state index in [0.717, 1.165) is 35.7 Å². The van der Waals surface area contributed by atoms with Crippen molar-refractivity contribution in [3.05, 3.63) is 35.6 Å². The molecule has 0 aromatic rings. The Morgan fingerprint density at radius 2 is 2.00 bits per heavy atom. The van der Waals surface area contributed by atoms with Gasteiger partial charge >= 0.3 is 0 Å². The van der Waals surface area contributed by atoms with Gasteiger partial charge in [-0.3, -0.25) is 0 Å². The number of fused-ring (bicyclic) bond motifs is 5. The third-order valence-corrected chi connectivity index (χ3v) is 9.83. The molecule has 3 saturated carbocycles. The third kappa shape index (κ3) is 3.21. The van der Waals surface area contributed by atoms with Gasteiger partial charge in [-0.2, -0.15) is 0 Å². The van der Waals surface area contributed by atoms with Crippen LogP contribution in [0.4, 0.5) is 0 Å². The van der Waals surface area contributed by atoms with E-state index < -0.39 is 0 Å². The Morgan fingerprint density at radius 1 is 1.18 bits per heavy atom. The lowest BCUT2D eigenvalue weighted by atomic mass is 9.47. The maximum Gasteiger partial charge on any atom is 0.0783 e. The second-order valence-electron chi connectivity index (χ2n) is 11.2. The maximum atomic E-state index is 9.12. The molecule has 0 aromatic carbocycles. The lowest BCUT2D eigenvalue weighted by Crippen LogP contribution is -2.49. The van der Waals surface area contributed by atoms with Crippen molar-refractivity contribution in [1.29, 1.82) is 0 Å². The van der Waals surface area contributed by atoms with Crippen LogP contribution in [0.3, 0.4) is 0 Å². The van der Waals surface area contributed by atoms with E-state index in [1.54, 1.807) is 0 Å². The van der Waals surface area contributed by atoms with Gasteiger partial charge in [0.2, 0.25) is 0 Å². The Labute approximate surface area is 173 Å². The second-order valence-corrected chi connectivity index (χ2v) is 11.2. The van der Waals surface area contributed by atoms with Gasteiger partial charge in [0.05, 0.1) is 6.26 Å². The van der Waals surface area contributed by atoms with Gasteiger partial charge in [0.15, 0.2) is 0 Å². The standard InChI is InChI=1S/C27H42O/c1-19(18-28)8-7-9-20(2)23-13-14-24-22-12-11-21-10-5-6-16-26(21,3)25(22)15-17-27(23,24)4/h7,9,11,18,20,22-25,28H,5-6,8,10,12-17H2,1-4H3/t20-,22+,23-,24+,25+,26+,27-/m1/s1. The minimum absolute atomic E-state index is 0.528. The summed E-state index contributed by atoms with van der Waals surface area (Å²) in [5.74, 6) is 4.30. The van der Waals surface area contributed by atoms with E-state index >= 15 is 0 Å². The molecule has 4 rings (SSSR count). The lowest BCUT2D eigenvalue weighted by molar-refractivity contribution is -0.0462. The Bertz CT molecular complexity index is 670. The molecule has 4 aliphatic carbocycles. The maximum absolute atomic E-state index is 9.12. The molecule has 0 spiro atoms. The summed E-state index contributed by atoms with van der Waals surface area (Å²) in [7, 11) is 0. The Morgan fingerprint density at radius 3 is 2.79 bits per heavy atom. The van der Waals surface area contributed by atoms with Crippen molar-refractivity contribution in [2.45, 2.75) is 91.9 Å². The molecule has 1 N–H and O–H groups in total. The molecule has 1 nitrogen and oxygen atoms in total. The first-order valence-electron chi connectivity index (χ1n) is 12.1. The van der Waals surface area contributed by atoms with Gasteiger partial charge < -0.3 is 5.11 Å². The van der Waals surface area contributed by atoms with Crippen molar-refractivity contribution in [1.82, 2.24) is 0 Å². The summed E-state index contributed by atoms with van der Waals surface area (Å²) < 4.78 is 0. The monoisotopic (exact) mass is 382 g/mol. The number of rotatable bonds is 4. The van der Waals surface area contributed by atoms with Crippen LogP contribution in [0.1, 0.15) is 91.9 Å². The fourth-order valence-electron chi connectivity index (χ4n) is 8.26. The third-order valence-electron chi connectivity index (χ3n) is 9.83. The quantitative estimate of drug-likeness (QED) is 0.386. The Kier molecular flexibility index (Phi) is 5.58. The Balaban J connectivity index is 1.51. The average Bonchev–Trinajstić information content (AvgIpc) is 3.04. The van der Waals surface area contributed by atoms with Crippen molar-refractivity contribution >= 4 is 0 Å². The first-order valence-corrected chi connectivity index (χ1v) is 12.1. The molecular weight excluding hydrogens is 340 g/mol. The van der Waals surface area contributed by atoms with E-state index in [-0.39, 0.29) is 0 Å². The average molecular weight is 383 g/mol. The molecule has 0 amide bonds. The van der Waals surface area contributed by atoms with E-state index in [0.29, 0.717) is 16.7 Å². The fraction of sp³-hybridized carbons (Fsp3) is 0.778. The van der Waals surface area contributed by atoms with Gasteiger partial charge in [0, 0.05) is 0 Å². The van der Waals surface area contributed by atoms with Crippen LogP contribution < -0.4 is 0 Å². The largest absolute Gasteiger partial charge is 0.516 e. The van der Waals surface area contributed by atoms with Crippen LogP contribution in [-0.4, -0.2) is 5.11 Å². The molecule has 0 radical (unpaired) electrons. The van der Waals surface area contributed by atoms with Crippen molar-refractivity contribution in [2.75, 3.05) is 0 Å². The lowest BCUT2D eigenvalue weighted by Gasteiger charge is -2.58. The molecule has 28 heavy (non-hydrogen) atoms. The van der Waals surface area contributed by atoms with Crippen LogP contribution in [0.25, 0.3) is 0 Å². The summed E-state index contributed by atoms with van der Waals surface area (Å²) in [6.45, 7) is 9.73. The van der Waals surface area contributed by atoms with Crippen LogP contribution in [-0.2, 0) is 0 Å². The molecule has 7 atom stereocenters. The molecule has 0 heterocycles. The smallest absolute Gasteiger partial charge is 0.0783 e. The van der Waals surface area contributed by atoms with E-state index in [2.05, 4.69) is 39.0 Å². The first kappa shape index (κ1) is 20.3. The zero-order valence-corrected chi connectivity index (χ0v) is 18.7. The summed E-state index contributed by atoms with van der Waals surface area (Å²) in [6, 6.07) is 0. The summed E-state index contributed by atoms with van der Waals surface area (Å²) in [4.78, 5) is 0. The number of hydrogen-bond acceptors (Lipinski definition) is 1. The predicted molar refractivity (Wildman–Crippen MR) is 119 cm³/mol. The number of aliphatic hydroxyl groups is 1. The van der Waals surface area contributed by atoms with Crippen molar-refractivity contribution in [3.8, 4) is 0 Å². The van der Waals surface area contributed by atoms with Crippen LogP contribution in [0.15, 0.2) is 35.6 Å². The fourth-order valence-corrected chi connectivity index (χ4v) is 8.26. The van der Waals surface area contributed by atoms with Gasteiger partial charge in [-0.15, -0.1) is 0 Å². The molecule has 3 fully saturated rings. The highest BCUT2D eigenvalue weighted by Gasteiger charge is 2.58. The molecular formula is C27H42O. The summed E-state index contributed by atoms with van der Waals surface area (Å²) in [5, 5.41) is 9.12. The first-order chi connectivity index (χ1) is 13.4.